The van der Waals surface area contributed by atoms with Gasteiger partial charge in [-0.05, 0) is 79.4 Å². The lowest BCUT2D eigenvalue weighted by Gasteiger charge is -2.30. The first-order chi connectivity index (χ1) is 14.8. The zero-order chi connectivity index (χ0) is 21.0. The third-order valence-electron chi connectivity index (χ3n) is 8.31. The van der Waals surface area contributed by atoms with Crippen LogP contribution < -0.4 is 0 Å². The first kappa shape index (κ1) is 23.9. The average Bonchev–Trinajstić information content (AvgIpc) is 2.79. The van der Waals surface area contributed by atoms with Crippen molar-refractivity contribution in [2.45, 2.75) is 142 Å². The van der Waals surface area contributed by atoms with E-state index >= 15 is 0 Å². The lowest BCUT2D eigenvalue weighted by Crippen LogP contribution is -2.16. The summed E-state index contributed by atoms with van der Waals surface area (Å²) in [5.41, 5.74) is 5.06. The summed E-state index contributed by atoms with van der Waals surface area (Å²) < 4.78 is 0. The molecule has 0 amide bonds. The van der Waals surface area contributed by atoms with Crippen molar-refractivity contribution in [1.29, 1.82) is 0 Å². The van der Waals surface area contributed by atoms with Gasteiger partial charge in [0, 0.05) is 0 Å². The maximum absolute atomic E-state index is 2.63. The molecule has 1 aromatic rings. The van der Waals surface area contributed by atoms with Crippen molar-refractivity contribution in [3.8, 4) is 0 Å². The number of hydrogen-bond acceptors (Lipinski definition) is 0. The lowest BCUT2D eigenvalue weighted by molar-refractivity contribution is 0.302. The quantitative estimate of drug-likeness (QED) is 0.284. The van der Waals surface area contributed by atoms with Crippen molar-refractivity contribution in [3.05, 3.63) is 34.9 Å². The van der Waals surface area contributed by atoms with Crippen LogP contribution >= 0.6 is 0 Å². The highest BCUT2D eigenvalue weighted by molar-refractivity contribution is 5.36. The van der Waals surface area contributed by atoms with Crippen molar-refractivity contribution in [1.82, 2.24) is 0 Å². The highest BCUT2D eigenvalue weighted by Crippen LogP contribution is 2.39. The smallest absolute Gasteiger partial charge is 0.0162 e. The van der Waals surface area contributed by atoms with Crippen LogP contribution in [0.4, 0.5) is 0 Å². The van der Waals surface area contributed by atoms with Gasteiger partial charge in [0.2, 0.25) is 0 Å². The summed E-state index contributed by atoms with van der Waals surface area (Å²) in [5, 5.41) is 0. The Labute approximate surface area is 188 Å². The molecule has 3 rings (SSSR count). The molecule has 0 heterocycles. The number of hydrogen-bond donors (Lipinski definition) is 0. The third-order valence-corrected chi connectivity index (χ3v) is 8.31. The van der Waals surface area contributed by atoms with Crippen LogP contribution in [0.25, 0.3) is 0 Å². The first-order valence-corrected chi connectivity index (χ1v) is 13.9. The van der Waals surface area contributed by atoms with E-state index in [-0.39, 0.29) is 0 Å². The predicted octanol–water partition coefficient (Wildman–Crippen LogP) is 9.79. The van der Waals surface area contributed by atoms with Crippen LogP contribution in [0.5, 0.6) is 0 Å². The molecule has 0 nitrogen and oxygen atoms in total. The zero-order valence-corrected chi connectivity index (χ0v) is 20.4. The van der Waals surface area contributed by atoms with Gasteiger partial charge < -0.3 is 0 Å². The van der Waals surface area contributed by atoms with Crippen LogP contribution in [-0.4, -0.2) is 0 Å². The largest absolute Gasteiger partial charge is 0.0654 e. The molecule has 2 aliphatic carbocycles. The first-order valence-electron chi connectivity index (χ1n) is 13.9. The van der Waals surface area contributed by atoms with Crippen molar-refractivity contribution in [2.24, 2.45) is 11.8 Å². The van der Waals surface area contributed by atoms with E-state index in [1.807, 2.05) is 0 Å². The highest BCUT2D eigenvalue weighted by atomic mass is 14.3. The van der Waals surface area contributed by atoms with E-state index in [1.54, 1.807) is 16.7 Å². The van der Waals surface area contributed by atoms with E-state index in [0.29, 0.717) is 0 Å². The summed E-state index contributed by atoms with van der Waals surface area (Å²) in [6, 6.07) is 7.66. The van der Waals surface area contributed by atoms with Crippen molar-refractivity contribution in [2.75, 3.05) is 0 Å². The van der Waals surface area contributed by atoms with Gasteiger partial charge in [-0.15, -0.1) is 0 Å². The van der Waals surface area contributed by atoms with E-state index < -0.39 is 0 Å². The topological polar surface area (TPSA) is 0 Å². The van der Waals surface area contributed by atoms with Crippen molar-refractivity contribution in [3.63, 3.8) is 0 Å². The Morgan fingerprint density at radius 2 is 1.27 bits per heavy atom. The number of rotatable bonds is 13. The van der Waals surface area contributed by atoms with Crippen LogP contribution in [0.3, 0.4) is 0 Å². The fourth-order valence-electron chi connectivity index (χ4n) is 6.21. The van der Waals surface area contributed by atoms with E-state index in [0.717, 1.165) is 17.8 Å². The van der Waals surface area contributed by atoms with Gasteiger partial charge in [0.25, 0.3) is 0 Å². The minimum Gasteiger partial charge on any atom is -0.0654 e. The maximum Gasteiger partial charge on any atom is -0.0162 e. The maximum atomic E-state index is 2.63. The fraction of sp³-hybridized carbons (Fsp3) is 0.800. The Hall–Kier alpha value is -0.780. The summed E-state index contributed by atoms with van der Waals surface area (Å²) in [6.07, 6.45) is 27.3. The van der Waals surface area contributed by atoms with Gasteiger partial charge in [0.05, 0.1) is 0 Å². The molecule has 1 atom stereocenters. The highest BCUT2D eigenvalue weighted by Gasteiger charge is 2.24. The number of unbranched alkanes of at least 4 members (excludes halogenated alkanes) is 8. The molecular weight excluding hydrogens is 360 g/mol. The lowest BCUT2D eigenvalue weighted by atomic mass is 9.75. The standard InChI is InChI=1S/C30H50/c1-3-5-7-9-10-12-14-26-17-20-30-24-29(22-21-28(30)23-26)27-18-15-25(16-19-27)13-11-8-6-4-2/h21-22,24-27H,3-20,23H2,1-2H3/t25-,26?,27-. The van der Waals surface area contributed by atoms with Gasteiger partial charge in [0.1, 0.15) is 0 Å². The summed E-state index contributed by atoms with van der Waals surface area (Å²) in [4.78, 5) is 0. The van der Waals surface area contributed by atoms with E-state index in [9.17, 15) is 0 Å². The summed E-state index contributed by atoms with van der Waals surface area (Å²) >= 11 is 0. The molecule has 0 N–H and O–H groups in total. The minimum atomic E-state index is 0.850. The van der Waals surface area contributed by atoms with Crippen LogP contribution in [0, 0.1) is 11.8 Å². The Kier molecular flexibility index (Phi) is 10.8. The van der Waals surface area contributed by atoms with E-state index in [4.69, 9.17) is 0 Å². The van der Waals surface area contributed by atoms with Gasteiger partial charge in [-0.2, -0.15) is 0 Å². The monoisotopic (exact) mass is 410 g/mol. The molecule has 0 radical (unpaired) electrons. The number of aryl methyl sites for hydroxylation is 1. The molecule has 0 spiro atoms. The summed E-state index contributed by atoms with van der Waals surface area (Å²) in [5.74, 6) is 2.83. The molecule has 0 aliphatic heterocycles. The number of fused-ring (bicyclic) bond motifs is 1. The Morgan fingerprint density at radius 3 is 2.00 bits per heavy atom. The Morgan fingerprint density at radius 1 is 0.633 bits per heavy atom. The fourth-order valence-corrected chi connectivity index (χ4v) is 6.21. The third kappa shape index (κ3) is 7.72. The summed E-state index contributed by atoms with van der Waals surface area (Å²) in [7, 11) is 0. The Balaban J connectivity index is 1.39. The molecule has 2 aliphatic rings. The summed E-state index contributed by atoms with van der Waals surface area (Å²) in [6.45, 7) is 4.63. The normalized spacial score (nSPS) is 24.0. The molecular formula is C30H50. The number of benzene rings is 1. The SMILES string of the molecule is CCCCCCCCC1CCc2cc([C@H]3CC[C@H](CCCCCC)CC3)ccc2C1. The Bertz CT molecular complexity index is 578. The van der Waals surface area contributed by atoms with Crippen LogP contribution in [0.15, 0.2) is 18.2 Å². The van der Waals surface area contributed by atoms with Crippen molar-refractivity contribution < 1.29 is 0 Å². The van der Waals surface area contributed by atoms with E-state index in [1.165, 1.54) is 122 Å². The molecule has 170 valence electrons. The molecule has 30 heavy (non-hydrogen) atoms. The second-order valence-corrected chi connectivity index (χ2v) is 10.8. The molecule has 1 aromatic carbocycles. The van der Waals surface area contributed by atoms with Gasteiger partial charge in [-0.3, -0.25) is 0 Å². The van der Waals surface area contributed by atoms with Crippen molar-refractivity contribution >= 4 is 0 Å². The molecule has 0 bridgehead atoms. The van der Waals surface area contributed by atoms with Gasteiger partial charge in [-0.1, -0.05) is 109 Å². The predicted molar refractivity (Wildman–Crippen MR) is 133 cm³/mol. The van der Waals surface area contributed by atoms with Crippen LogP contribution in [0.2, 0.25) is 0 Å². The zero-order valence-electron chi connectivity index (χ0n) is 20.4. The van der Waals surface area contributed by atoms with Gasteiger partial charge >= 0.3 is 0 Å². The molecule has 1 fully saturated rings. The molecule has 0 saturated heterocycles. The molecule has 0 aromatic heterocycles. The van der Waals surface area contributed by atoms with Crippen LogP contribution in [-0.2, 0) is 12.8 Å². The van der Waals surface area contributed by atoms with Crippen LogP contribution in [0.1, 0.15) is 146 Å². The second kappa shape index (κ2) is 13.6. The minimum absolute atomic E-state index is 0.850. The van der Waals surface area contributed by atoms with Gasteiger partial charge in [0.15, 0.2) is 0 Å². The van der Waals surface area contributed by atoms with Gasteiger partial charge in [-0.25, -0.2) is 0 Å². The molecule has 1 saturated carbocycles. The molecule has 0 heteroatoms. The van der Waals surface area contributed by atoms with E-state index in [2.05, 4.69) is 32.0 Å². The average molecular weight is 411 g/mol. The molecule has 1 unspecified atom stereocenters. The second-order valence-electron chi connectivity index (χ2n) is 10.8.